The van der Waals surface area contributed by atoms with Gasteiger partial charge in [0.2, 0.25) is 0 Å². The van der Waals surface area contributed by atoms with Crippen LogP contribution in [-0.4, -0.2) is 39.2 Å². The standard InChI is InChI=1S/C28H37N3O2.C4H8.C2H2/c1-20-18-23(12-14-30-17-13-29-21(30)2)24-8-6-7-9-25(24)26(19-20)22-10-15-31(16-11-22)27(32)33-28(3,4)5;1-3-4-2;1-2/h6-9,13,17-19,22,26H,10-12,14-16H2,1-5H3;3-4H,1-2H3;1-2H/b;4-3-;. The predicted octanol–water partition coefficient (Wildman–Crippen LogP) is 8.19. The second-order valence-electron chi connectivity index (χ2n) is 11.1. The number of imidazole rings is 1. The number of carbonyl (C=O) groups is 1. The fourth-order valence-electron chi connectivity index (χ4n) is 5.10. The zero-order valence-corrected chi connectivity index (χ0v) is 25.0. The Kier molecular flexibility index (Phi) is 12.3. The number of terminal acetylenes is 1. The van der Waals surface area contributed by atoms with Crippen LogP contribution >= 0.6 is 0 Å². The van der Waals surface area contributed by atoms with Crippen LogP contribution < -0.4 is 0 Å². The second kappa shape index (κ2) is 15.2. The van der Waals surface area contributed by atoms with E-state index in [-0.39, 0.29) is 6.09 Å². The molecule has 5 heteroatoms. The van der Waals surface area contributed by atoms with Crippen molar-refractivity contribution < 1.29 is 9.53 Å². The van der Waals surface area contributed by atoms with Gasteiger partial charge in [-0.25, -0.2) is 9.78 Å². The van der Waals surface area contributed by atoms with E-state index in [1.807, 2.05) is 57.9 Å². The molecule has 1 unspecified atom stereocenters. The first kappa shape index (κ1) is 31.7. The van der Waals surface area contributed by atoms with E-state index >= 15 is 0 Å². The summed E-state index contributed by atoms with van der Waals surface area (Å²) in [4.78, 5) is 18.8. The summed E-state index contributed by atoms with van der Waals surface area (Å²) < 4.78 is 7.81. The van der Waals surface area contributed by atoms with Crippen LogP contribution in [0, 0.1) is 25.7 Å². The molecular formula is C34H47N3O2. The van der Waals surface area contributed by atoms with Crippen molar-refractivity contribution in [2.75, 3.05) is 13.1 Å². The van der Waals surface area contributed by atoms with Crippen molar-refractivity contribution in [3.05, 3.63) is 83.5 Å². The van der Waals surface area contributed by atoms with Crippen molar-refractivity contribution >= 4 is 11.7 Å². The number of benzene rings is 1. The molecular weight excluding hydrogens is 482 g/mol. The Hall–Kier alpha value is -3.52. The van der Waals surface area contributed by atoms with E-state index in [4.69, 9.17) is 4.74 Å². The molecule has 1 fully saturated rings. The van der Waals surface area contributed by atoms with E-state index in [1.165, 1.54) is 22.3 Å². The number of ether oxygens (including phenoxy) is 1. The maximum atomic E-state index is 12.5. The number of hydrogen-bond acceptors (Lipinski definition) is 3. The van der Waals surface area contributed by atoms with Crippen molar-refractivity contribution in [3.8, 4) is 12.8 Å². The normalized spacial score (nSPS) is 17.5. The SMILES string of the molecule is C#C.C/C=C\C.CC1=CC(C2CCN(C(=O)OC(C)(C)C)CC2)c2ccccc2C(CCn2ccnc2C)=C1. The highest BCUT2D eigenvalue weighted by atomic mass is 16.6. The lowest BCUT2D eigenvalue weighted by Crippen LogP contribution is -2.42. The minimum atomic E-state index is -0.453. The predicted molar refractivity (Wildman–Crippen MR) is 163 cm³/mol. The first-order valence-corrected chi connectivity index (χ1v) is 14.0. The van der Waals surface area contributed by atoms with Crippen LogP contribution in [0.5, 0.6) is 0 Å². The number of aryl methyl sites for hydroxylation is 2. The largest absolute Gasteiger partial charge is 0.444 e. The summed E-state index contributed by atoms with van der Waals surface area (Å²) in [6.07, 6.45) is 23.5. The minimum Gasteiger partial charge on any atom is -0.444 e. The summed E-state index contributed by atoms with van der Waals surface area (Å²) in [6, 6.07) is 8.88. The molecule has 0 N–H and O–H groups in total. The molecule has 0 saturated carbocycles. The van der Waals surface area contributed by atoms with Crippen LogP contribution in [0.25, 0.3) is 5.57 Å². The topological polar surface area (TPSA) is 47.4 Å². The number of amides is 1. The second-order valence-corrected chi connectivity index (χ2v) is 11.1. The molecule has 0 spiro atoms. The van der Waals surface area contributed by atoms with Crippen molar-refractivity contribution in [2.45, 2.75) is 85.8 Å². The molecule has 2 aliphatic rings. The van der Waals surface area contributed by atoms with Crippen LogP contribution in [0.4, 0.5) is 4.79 Å². The zero-order chi connectivity index (χ0) is 29.0. The summed E-state index contributed by atoms with van der Waals surface area (Å²) in [5.74, 6) is 1.94. The average molecular weight is 530 g/mol. The van der Waals surface area contributed by atoms with E-state index in [9.17, 15) is 4.79 Å². The van der Waals surface area contributed by atoms with Gasteiger partial charge in [-0.1, -0.05) is 54.1 Å². The lowest BCUT2D eigenvalue weighted by atomic mass is 9.78. The Balaban J connectivity index is 0.000000815. The van der Waals surface area contributed by atoms with Crippen molar-refractivity contribution in [1.82, 2.24) is 14.5 Å². The van der Waals surface area contributed by atoms with Gasteiger partial charge in [-0.2, -0.15) is 0 Å². The van der Waals surface area contributed by atoms with Gasteiger partial charge in [0.1, 0.15) is 11.4 Å². The number of carbonyl (C=O) groups excluding carboxylic acids is 1. The van der Waals surface area contributed by atoms with Crippen molar-refractivity contribution in [1.29, 1.82) is 0 Å². The molecule has 0 bridgehead atoms. The molecule has 4 rings (SSSR count). The Morgan fingerprint density at radius 2 is 1.74 bits per heavy atom. The maximum absolute atomic E-state index is 12.5. The van der Waals surface area contributed by atoms with Crippen LogP contribution in [0.2, 0.25) is 0 Å². The quantitative estimate of drug-likeness (QED) is 0.296. The van der Waals surface area contributed by atoms with Crippen molar-refractivity contribution in [2.24, 2.45) is 5.92 Å². The van der Waals surface area contributed by atoms with Gasteiger partial charge in [0.25, 0.3) is 0 Å². The molecule has 1 aromatic heterocycles. The van der Waals surface area contributed by atoms with E-state index < -0.39 is 5.60 Å². The number of nitrogens with zero attached hydrogens (tertiary/aromatic N) is 3. The van der Waals surface area contributed by atoms with E-state index in [1.54, 1.807) is 0 Å². The monoisotopic (exact) mass is 529 g/mol. The van der Waals surface area contributed by atoms with Gasteiger partial charge in [-0.3, -0.25) is 0 Å². The third-order valence-electron chi connectivity index (χ3n) is 7.09. The summed E-state index contributed by atoms with van der Waals surface area (Å²) in [7, 11) is 0. The first-order valence-electron chi connectivity index (χ1n) is 14.0. The fourth-order valence-corrected chi connectivity index (χ4v) is 5.10. The summed E-state index contributed by atoms with van der Waals surface area (Å²) >= 11 is 0. The van der Waals surface area contributed by atoms with Crippen molar-refractivity contribution in [3.63, 3.8) is 0 Å². The van der Waals surface area contributed by atoms with Gasteiger partial charge in [-0.15, -0.1) is 12.8 Å². The Labute approximate surface area is 236 Å². The third-order valence-corrected chi connectivity index (χ3v) is 7.09. The van der Waals surface area contributed by atoms with Crippen LogP contribution in [-0.2, 0) is 11.3 Å². The molecule has 210 valence electrons. The van der Waals surface area contributed by atoms with Gasteiger partial charge in [0, 0.05) is 37.9 Å². The summed E-state index contributed by atoms with van der Waals surface area (Å²) in [5, 5.41) is 0. The smallest absolute Gasteiger partial charge is 0.410 e. The van der Waals surface area contributed by atoms with E-state index in [2.05, 4.69) is 78.9 Å². The summed E-state index contributed by atoms with van der Waals surface area (Å²) in [6.45, 7) is 16.5. The van der Waals surface area contributed by atoms with Crippen LogP contribution in [0.15, 0.2) is 66.5 Å². The number of rotatable bonds is 4. The highest BCUT2D eigenvalue weighted by molar-refractivity contribution is 5.73. The number of hydrogen-bond donors (Lipinski definition) is 0. The highest BCUT2D eigenvalue weighted by Crippen LogP contribution is 2.41. The zero-order valence-electron chi connectivity index (χ0n) is 25.0. The molecule has 1 amide bonds. The third kappa shape index (κ3) is 9.32. The number of allylic oxidation sites excluding steroid dienone is 6. The van der Waals surface area contributed by atoms with E-state index in [0.29, 0.717) is 11.8 Å². The lowest BCUT2D eigenvalue weighted by molar-refractivity contribution is 0.0179. The van der Waals surface area contributed by atoms with Gasteiger partial charge < -0.3 is 14.2 Å². The van der Waals surface area contributed by atoms with Crippen LogP contribution in [0.1, 0.15) is 83.7 Å². The molecule has 1 aliphatic carbocycles. The number of aromatic nitrogens is 2. The Morgan fingerprint density at radius 1 is 1.10 bits per heavy atom. The Morgan fingerprint density at radius 3 is 2.31 bits per heavy atom. The maximum Gasteiger partial charge on any atom is 0.410 e. The molecule has 1 aliphatic heterocycles. The molecule has 39 heavy (non-hydrogen) atoms. The first-order chi connectivity index (χ1) is 18.6. The van der Waals surface area contributed by atoms with Gasteiger partial charge >= 0.3 is 6.09 Å². The molecule has 2 heterocycles. The number of piperidine rings is 1. The fraction of sp³-hybridized carbons (Fsp3) is 0.471. The molecule has 1 saturated heterocycles. The summed E-state index contributed by atoms with van der Waals surface area (Å²) in [5.41, 5.74) is 5.04. The lowest BCUT2D eigenvalue weighted by Gasteiger charge is -2.36. The number of fused-ring (bicyclic) bond motifs is 1. The highest BCUT2D eigenvalue weighted by Gasteiger charge is 2.32. The number of likely N-dealkylation sites (tertiary alicyclic amines) is 1. The molecule has 1 atom stereocenters. The van der Waals surface area contributed by atoms with Gasteiger partial charge in [0.05, 0.1) is 0 Å². The molecule has 0 radical (unpaired) electrons. The Bertz CT molecular complexity index is 1160. The van der Waals surface area contributed by atoms with Gasteiger partial charge in [0.15, 0.2) is 0 Å². The minimum absolute atomic E-state index is 0.187. The van der Waals surface area contributed by atoms with E-state index in [0.717, 1.165) is 44.7 Å². The molecule has 2 aromatic rings. The molecule has 5 nitrogen and oxygen atoms in total. The molecule has 1 aromatic carbocycles. The average Bonchev–Trinajstić information content (AvgIpc) is 3.28. The van der Waals surface area contributed by atoms with Crippen LogP contribution in [0.3, 0.4) is 0 Å². The van der Waals surface area contributed by atoms with Gasteiger partial charge in [-0.05, 0) is 90.3 Å².